The molecule has 0 nitrogen and oxygen atoms in total. The maximum Gasteiger partial charge on any atom is 0.0159 e. The van der Waals surface area contributed by atoms with E-state index >= 15 is 0 Å². The van der Waals surface area contributed by atoms with E-state index in [9.17, 15) is 0 Å². The van der Waals surface area contributed by atoms with E-state index in [0.29, 0.717) is 0 Å². The molecule has 370 valence electrons. The van der Waals surface area contributed by atoms with E-state index in [1.807, 2.05) is 0 Å². The highest BCUT2D eigenvalue weighted by Gasteiger charge is 2.38. The van der Waals surface area contributed by atoms with Crippen molar-refractivity contribution < 1.29 is 0 Å². The van der Waals surface area contributed by atoms with Gasteiger partial charge in [-0.05, 0) is 200 Å². The number of rotatable bonds is 5. The maximum atomic E-state index is 2.49. The first-order valence-electron chi connectivity index (χ1n) is 28.0. The minimum absolute atomic E-state index is 0.0776. The molecule has 16 rings (SSSR count). The summed E-state index contributed by atoms with van der Waals surface area (Å²) < 4.78 is 0. The lowest BCUT2D eigenvalue weighted by Crippen LogP contribution is -2.15. The van der Waals surface area contributed by atoms with E-state index in [0.717, 1.165) is 0 Å². The second-order valence-corrected chi connectivity index (χ2v) is 24.8. The summed E-state index contributed by atoms with van der Waals surface area (Å²) in [4.78, 5) is 0. The second kappa shape index (κ2) is 15.9. The Morgan fingerprint density at radius 2 is 0.564 bits per heavy atom. The lowest BCUT2D eigenvalue weighted by atomic mass is 9.79. The Morgan fingerprint density at radius 1 is 0.244 bits per heavy atom. The molecule has 14 aromatic carbocycles. The summed E-state index contributed by atoms with van der Waals surface area (Å²) in [5, 5.41) is 15.9. The van der Waals surface area contributed by atoms with Crippen molar-refractivity contribution >= 4 is 64.6 Å². The molecule has 0 fully saturated rings. The average molecular weight is 995 g/mol. The quantitative estimate of drug-likeness (QED) is 0.151. The fourth-order valence-corrected chi connectivity index (χ4v) is 14.6. The summed E-state index contributed by atoms with van der Waals surface area (Å²) in [5.41, 5.74) is 24.6. The van der Waals surface area contributed by atoms with Gasteiger partial charge in [0, 0.05) is 10.8 Å². The van der Waals surface area contributed by atoms with Crippen LogP contribution in [0.3, 0.4) is 0 Å². The number of fused-ring (bicyclic) bond motifs is 6. The van der Waals surface area contributed by atoms with Crippen LogP contribution in [0.1, 0.15) is 76.3 Å². The van der Waals surface area contributed by atoms with E-state index < -0.39 is 0 Å². The van der Waals surface area contributed by atoms with Crippen LogP contribution in [0.15, 0.2) is 224 Å². The first kappa shape index (κ1) is 45.4. The molecular formula is C78H58. The van der Waals surface area contributed by atoms with Gasteiger partial charge < -0.3 is 0 Å². The predicted molar refractivity (Wildman–Crippen MR) is 335 cm³/mol. The molecule has 0 heteroatoms. The van der Waals surface area contributed by atoms with Crippen LogP contribution in [0.4, 0.5) is 0 Å². The third-order valence-electron chi connectivity index (χ3n) is 18.7. The molecule has 14 aromatic rings. The summed E-state index contributed by atoms with van der Waals surface area (Å²) in [7, 11) is 0. The molecule has 0 N–H and O–H groups in total. The minimum Gasteiger partial charge on any atom is -0.0616 e. The molecule has 0 amide bonds. The van der Waals surface area contributed by atoms with Gasteiger partial charge in [-0.3, -0.25) is 0 Å². The average Bonchev–Trinajstić information content (AvgIpc) is 3.85. The molecule has 0 bridgehead atoms. The van der Waals surface area contributed by atoms with Gasteiger partial charge in [-0.15, -0.1) is 0 Å². The largest absolute Gasteiger partial charge is 0.0616 e. The van der Waals surface area contributed by atoms with Crippen molar-refractivity contribution in [2.75, 3.05) is 0 Å². The minimum atomic E-state index is -0.193. The van der Waals surface area contributed by atoms with E-state index in [-0.39, 0.29) is 16.2 Å². The highest BCUT2D eigenvalue weighted by atomic mass is 14.4. The molecule has 78 heavy (non-hydrogen) atoms. The van der Waals surface area contributed by atoms with E-state index in [1.165, 1.54) is 170 Å². The highest BCUT2D eigenvalue weighted by molar-refractivity contribution is 6.27. The Labute approximate surface area is 457 Å². The molecule has 0 heterocycles. The summed E-state index contributed by atoms with van der Waals surface area (Å²) in [5.74, 6) is 0. The lowest BCUT2D eigenvalue weighted by molar-refractivity contribution is 0.591. The van der Waals surface area contributed by atoms with Crippen molar-refractivity contribution in [2.24, 2.45) is 0 Å². The van der Waals surface area contributed by atoms with E-state index in [1.54, 1.807) is 0 Å². The van der Waals surface area contributed by atoms with Crippen LogP contribution in [0.5, 0.6) is 0 Å². The van der Waals surface area contributed by atoms with Gasteiger partial charge in [0.1, 0.15) is 0 Å². The van der Waals surface area contributed by atoms with Gasteiger partial charge in [-0.2, -0.15) is 0 Å². The van der Waals surface area contributed by atoms with Gasteiger partial charge in [0.05, 0.1) is 0 Å². The van der Waals surface area contributed by atoms with Crippen LogP contribution in [-0.4, -0.2) is 0 Å². The number of benzene rings is 14. The Morgan fingerprint density at radius 3 is 1.00 bits per heavy atom. The van der Waals surface area contributed by atoms with Crippen LogP contribution in [0.25, 0.3) is 143 Å². The zero-order chi connectivity index (χ0) is 52.6. The Hall–Kier alpha value is -8.84. The van der Waals surface area contributed by atoms with Crippen LogP contribution in [0.2, 0.25) is 0 Å². The monoisotopic (exact) mass is 994 g/mol. The standard InChI is InChI=1S/C78H58/c1-76(2,3)55-39-53-22-21-48-24-32-61(67-38-30-54(40-55)73(53)75(48)67)59-18-11-9-16-57(59)52-29-36-65-63-34-27-50(42-69(63)78(6,7)71(65)44-52)49-26-33-62-64-35-28-51(43-70(64)77(4,5)68(62)41-49)56-15-8-10-17-58(56)60-31-23-47-20-19-45-13-12-14-46-25-37-66(60)74(47)72(45)46/h8-44H,1-7H3. The van der Waals surface area contributed by atoms with Crippen LogP contribution in [0, 0.1) is 0 Å². The van der Waals surface area contributed by atoms with Gasteiger partial charge in [0.15, 0.2) is 0 Å². The van der Waals surface area contributed by atoms with E-state index in [4.69, 9.17) is 0 Å². The van der Waals surface area contributed by atoms with Gasteiger partial charge >= 0.3 is 0 Å². The third-order valence-corrected chi connectivity index (χ3v) is 18.7. The molecule has 0 spiro atoms. The Bertz CT molecular complexity index is 4840. The molecular weight excluding hydrogens is 937 g/mol. The molecule has 0 aliphatic heterocycles. The number of hydrogen-bond donors (Lipinski definition) is 0. The smallest absolute Gasteiger partial charge is 0.0159 e. The van der Waals surface area contributed by atoms with Crippen molar-refractivity contribution in [1.29, 1.82) is 0 Å². The summed E-state index contributed by atoms with van der Waals surface area (Å²) >= 11 is 0. The first-order chi connectivity index (χ1) is 37.8. The zero-order valence-corrected chi connectivity index (χ0v) is 45.4. The van der Waals surface area contributed by atoms with Gasteiger partial charge in [-0.25, -0.2) is 0 Å². The summed E-state index contributed by atoms with van der Waals surface area (Å²) in [6.07, 6.45) is 0. The molecule has 0 radical (unpaired) electrons. The van der Waals surface area contributed by atoms with Crippen molar-refractivity contribution in [2.45, 2.75) is 64.7 Å². The molecule has 0 aromatic heterocycles. The van der Waals surface area contributed by atoms with Crippen molar-refractivity contribution in [1.82, 2.24) is 0 Å². The number of hydrogen-bond acceptors (Lipinski definition) is 0. The fourth-order valence-electron chi connectivity index (χ4n) is 14.6. The maximum absolute atomic E-state index is 2.49. The summed E-state index contributed by atoms with van der Waals surface area (Å²) in [6.45, 7) is 16.6. The Balaban J connectivity index is 0.729. The van der Waals surface area contributed by atoms with Crippen molar-refractivity contribution in [3.05, 3.63) is 252 Å². The van der Waals surface area contributed by atoms with Crippen molar-refractivity contribution in [3.8, 4) is 77.9 Å². The highest BCUT2D eigenvalue weighted by Crippen LogP contribution is 2.55. The third kappa shape index (κ3) is 6.35. The summed E-state index contributed by atoms with van der Waals surface area (Å²) in [6, 6.07) is 86.3. The second-order valence-electron chi connectivity index (χ2n) is 24.8. The van der Waals surface area contributed by atoms with Crippen LogP contribution >= 0.6 is 0 Å². The van der Waals surface area contributed by atoms with Gasteiger partial charge in [0.25, 0.3) is 0 Å². The lowest BCUT2D eigenvalue weighted by Gasteiger charge is -2.24. The molecule has 0 saturated carbocycles. The molecule has 2 aliphatic rings. The molecule has 0 saturated heterocycles. The first-order valence-corrected chi connectivity index (χ1v) is 28.0. The molecule has 0 unspecified atom stereocenters. The molecule has 0 atom stereocenters. The Kier molecular flexibility index (Phi) is 9.23. The van der Waals surface area contributed by atoms with Crippen LogP contribution < -0.4 is 0 Å². The van der Waals surface area contributed by atoms with Crippen LogP contribution in [-0.2, 0) is 16.2 Å². The SMILES string of the molecule is CC(C)(C)c1cc2ccc3ccc(-c4ccccc4-c4ccc5c(c4)C(C)(C)c4cc(-c6ccc7c(c6)C(C)(C)c6cc(-c8ccccc8-c8ccc9ccc%10cccc%11ccc8c9c%10%11)ccc6-7)ccc4-5)c4ccc(c1)c2c34. The van der Waals surface area contributed by atoms with Gasteiger partial charge in [-0.1, -0.05) is 249 Å². The molecule has 2 aliphatic carbocycles. The normalized spacial score (nSPS) is 14.3. The zero-order valence-electron chi connectivity index (χ0n) is 45.4. The predicted octanol–water partition coefficient (Wildman–Crippen LogP) is 21.7. The topological polar surface area (TPSA) is 0 Å². The van der Waals surface area contributed by atoms with Gasteiger partial charge in [0.2, 0.25) is 0 Å². The van der Waals surface area contributed by atoms with Crippen molar-refractivity contribution in [3.63, 3.8) is 0 Å². The fraction of sp³-hybridized carbons (Fsp3) is 0.128. The van der Waals surface area contributed by atoms with E-state index in [2.05, 4.69) is 273 Å².